The molecule has 1 heterocycles. The second-order valence-electron chi connectivity index (χ2n) is 15.2. The Kier molecular flexibility index (Phi) is 14.5. The summed E-state index contributed by atoms with van der Waals surface area (Å²) in [5, 5.41) is 13.9. The standard InChI is InChI=1S/C40H56N6O8/c1-40(2,3)54-39(51)42-18-17-33(44-36(48)34(25-27-11-5-4-6-12-27)45-37(49)46-21-23-52-24-22-46)35(47)41-19-20-43-38(50)53-26-32-30-15-9-7-13-28(30)29-14-8-10-16-31(29)32/h7-10,13-16,27,32-34H,4-6,11-12,17-26H2,1-3H3,(H,41,47)(H,42,51)(H,43,50)(H,44,48)(H,45,49)/t33-,34-/m0/s1. The minimum absolute atomic E-state index is 0.0404. The van der Waals surface area contributed by atoms with E-state index in [1.807, 2.05) is 36.4 Å². The van der Waals surface area contributed by atoms with Gasteiger partial charge in [0.05, 0.1) is 13.2 Å². The van der Waals surface area contributed by atoms with E-state index in [2.05, 4.69) is 38.7 Å². The van der Waals surface area contributed by atoms with Gasteiger partial charge in [0.2, 0.25) is 11.8 Å². The highest BCUT2D eigenvalue weighted by Gasteiger charge is 2.32. The Morgan fingerprint density at radius 3 is 2.02 bits per heavy atom. The number of urea groups is 1. The van der Waals surface area contributed by atoms with Gasteiger partial charge in [-0.15, -0.1) is 0 Å². The number of nitrogens with zero attached hydrogens (tertiary/aromatic N) is 1. The third-order valence-electron chi connectivity index (χ3n) is 9.98. The lowest BCUT2D eigenvalue weighted by molar-refractivity contribution is -0.130. The summed E-state index contributed by atoms with van der Waals surface area (Å²) in [5.74, 6) is -0.789. The van der Waals surface area contributed by atoms with Crippen molar-refractivity contribution in [3.8, 4) is 11.1 Å². The first-order valence-corrected chi connectivity index (χ1v) is 19.3. The van der Waals surface area contributed by atoms with Crippen molar-refractivity contribution in [3.63, 3.8) is 0 Å². The summed E-state index contributed by atoms with van der Waals surface area (Å²) in [6.45, 7) is 7.29. The molecule has 1 saturated heterocycles. The van der Waals surface area contributed by atoms with Crippen LogP contribution in [0.5, 0.6) is 0 Å². The lowest BCUT2D eigenvalue weighted by Crippen LogP contribution is -2.57. The Bertz CT molecular complexity index is 1560. The van der Waals surface area contributed by atoms with Crippen LogP contribution in [-0.2, 0) is 23.8 Å². The lowest BCUT2D eigenvalue weighted by atomic mass is 9.84. The fourth-order valence-electron chi connectivity index (χ4n) is 7.29. The summed E-state index contributed by atoms with van der Waals surface area (Å²) in [6, 6.07) is 13.9. The number of nitrogens with one attached hydrogen (secondary N) is 5. The number of ether oxygens (including phenoxy) is 3. The molecule has 0 radical (unpaired) electrons. The van der Waals surface area contributed by atoms with E-state index in [1.165, 1.54) is 0 Å². The summed E-state index contributed by atoms with van der Waals surface area (Å²) < 4.78 is 16.3. The van der Waals surface area contributed by atoms with Crippen molar-refractivity contribution in [1.29, 1.82) is 0 Å². The number of fused-ring (bicyclic) bond motifs is 3. The van der Waals surface area contributed by atoms with E-state index in [0.29, 0.717) is 32.7 Å². The number of carbonyl (C=O) groups is 5. The van der Waals surface area contributed by atoms with E-state index >= 15 is 0 Å². The van der Waals surface area contributed by atoms with Gasteiger partial charge in [-0.05, 0) is 61.8 Å². The average molecular weight is 749 g/mol. The van der Waals surface area contributed by atoms with E-state index in [0.717, 1.165) is 54.4 Å². The third kappa shape index (κ3) is 11.8. The van der Waals surface area contributed by atoms with E-state index in [-0.39, 0.29) is 50.5 Å². The van der Waals surface area contributed by atoms with E-state index in [1.54, 1.807) is 25.7 Å². The van der Waals surface area contributed by atoms with Crippen LogP contribution in [0.1, 0.15) is 82.8 Å². The van der Waals surface area contributed by atoms with Crippen LogP contribution in [0.3, 0.4) is 0 Å². The van der Waals surface area contributed by atoms with Crippen molar-refractivity contribution in [1.82, 2.24) is 31.5 Å². The zero-order valence-corrected chi connectivity index (χ0v) is 31.7. The van der Waals surface area contributed by atoms with Crippen LogP contribution in [0.2, 0.25) is 0 Å². The van der Waals surface area contributed by atoms with Gasteiger partial charge in [0.1, 0.15) is 24.3 Å². The minimum Gasteiger partial charge on any atom is -0.449 e. The normalized spacial score (nSPS) is 16.9. The fourth-order valence-corrected chi connectivity index (χ4v) is 7.29. The number of carbonyl (C=O) groups excluding carboxylic acids is 5. The molecular formula is C40H56N6O8. The molecule has 0 unspecified atom stereocenters. The fraction of sp³-hybridized carbons (Fsp3) is 0.575. The van der Waals surface area contributed by atoms with Crippen LogP contribution < -0.4 is 26.6 Å². The predicted octanol–water partition coefficient (Wildman–Crippen LogP) is 4.42. The van der Waals surface area contributed by atoms with Gasteiger partial charge in [0, 0.05) is 38.6 Å². The Morgan fingerprint density at radius 1 is 0.759 bits per heavy atom. The topological polar surface area (TPSA) is 176 Å². The number of alkyl carbamates (subject to hydrolysis) is 2. The molecule has 2 fully saturated rings. The summed E-state index contributed by atoms with van der Waals surface area (Å²) in [6.07, 6.45) is 4.49. The highest BCUT2D eigenvalue weighted by atomic mass is 16.6. The first-order valence-electron chi connectivity index (χ1n) is 19.3. The van der Waals surface area contributed by atoms with Gasteiger partial charge >= 0.3 is 18.2 Å². The van der Waals surface area contributed by atoms with Crippen LogP contribution >= 0.6 is 0 Å². The second-order valence-corrected chi connectivity index (χ2v) is 15.2. The molecule has 0 spiro atoms. The Hall–Kier alpha value is -4.85. The molecule has 2 aliphatic carbocycles. The molecule has 1 saturated carbocycles. The molecule has 5 N–H and O–H groups in total. The molecule has 6 amide bonds. The molecule has 1 aliphatic heterocycles. The molecule has 2 aromatic rings. The third-order valence-corrected chi connectivity index (χ3v) is 9.98. The van der Waals surface area contributed by atoms with Gasteiger partial charge in [0.15, 0.2) is 0 Å². The van der Waals surface area contributed by atoms with Crippen LogP contribution in [0.4, 0.5) is 14.4 Å². The van der Waals surface area contributed by atoms with Crippen molar-refractivity contribution in [2.45, 2.75) is 89.3 Å². The molecule has 5 rings (SSSR count). The van der Waals surface area contributed by atoms with Gasteiger partial charge in [-0.3, -0.25) is 9.59 Å². The SMILES string of the molecule is CC(C)(C)OC(=O)NCC[C@H](NC(=O)[C@H](CC1CCCCC1)NC(=O)N1CCOCC1)C(=O)NCCNC(=O)OCC1c2ccccc2-c2ccccc21. The van der Waals surface area contributed by atoms with Gasteiger partial charge in [-0.25, -0.2) is 14.4 Å². The largest absolute Gasteiger partial charge is 0.449 e. The van der Waals surface area contributed by atoms with E-state index < -0.39 is 41.7 Å². The minimum atomic E-state index is -1.05. The first-order chi connectivity index (χ1) is 26.0. The maximum absolute atomic E-state index is 13.9. The number of morpholine rings is 1. The maximum Gasteiger partial charge on any atom is 0.407 e. The Balaban J connectivity index is 1.15. The van der Waals surface area contributed by atoms with Crippen molar-refractivity contribution >= 4 is 30.0 Å². The van der Waals surface area contributed by atoms with Crippen LogP contribution in [0.15, 0.2) is 48.5 Å². The molecule has 14 heteroatoms. The van der Waals surface area contributed by atoms with Crippen molar-refractivity contribution in [3.05, 3.63) is 59.7 Å². The number of benzene rings is 2. The number of hydrogen-bond acceptors (Lipinski definition) is 8. The number of hydrogen-bond donors (Lipinski definition) is 5. The van der Waals surface area contributed by atoms with E-state index in [4.69, 9.17) is 14.2 Å². The monoisotopic (exact) mass is 748 g/mol. The molecule has 3 aliphatic rings. The Labute approximate surface area is 317 Å². The molecule has 0 bridgehead atoms. The molecule has 0 aromatic heterocycles. The molecule has 2 aromatic carbocycles. The summed E-state index contributed by atoms with van der Waals surface area (Å²) in [7, 11) is 0. The zero-order chi connectivity index (χ0) is 38.5. The molecule has 294 valence electrons. The average Bonchev–Trinajstić information content (AvgIpc) is 3.48. The summed E-state index contributed by atoms with van der Waals surface area (Å²) in [4.78, 5) is 67.2. The molecule has 2 atom stereocenters. The molecule has 14 nitrogen and oxygen atoms in total. The first kappa shape index (κ1) is 40.3. The highest BCUT2D eigenvalue weighted by Crippen LogP contribution is 2.44. The quantitative estimate of drug-likeness (QED) is 0.177. The smallest absolute Gasteiger partial charge is 0.407 e. The van der Waals surface area contributed by atoms with Crippen LogP contribution in [0, 0.1) is 5.92 Å². The summed E-state index contributed by atoms with van der Waals surface area (Å²) in [5.41, 5.74) is 3.77. The van der Waals surface area contributed by atoms with Crippen molar-refractivity contribution in [2.24, 2.45) is 5.92 Å². The number of amides is 6. The van der Waals surface area contributed by atoms with Gasteiger partial charge < -0.3 is 45.7 Å². The second kappa shape index (κ2) is 19.5. The highest BCUT2D eigenvalue weighted by molar-refractivity contribution is 5.92. The predicted molar refractivity (Wildman–Crippen MR) is 203 cm³/mol. The lowest BCUT2D eigenvalue weighted by Gasteiger charge is -2.31. The van der Waals surface area contributed by atoms with Gasteiger partial charge in [-0.2, -0.15) is 0 Å². The van der Waals surface area contributed by atoms with Crippen molar-refractivity contribution < 1.29 is 38.2 Å². The molecule has 54 heavy (non-hydrogen) atoms. The van der Waals surface area contributed by atoms with Gasteiger partial charge in [-0.1, -0.05) is 80.6 Å². The van der Waals surface area contributed by atoms with E-state index in [9.17, 15) is 24.0 Å². The van der Waals surface area contributed by atoms with Crippen LogP contribution in [0.25, 0.3) is 11.1 Å². The summed E-state index contributed by atoms with van der Waals surface area (Å²) >= 11 is 0. The number of rotatable bonds is 14. The van der Waals surface area contributed by atoms with Gasteiger partial charge in [0.25, 0.3) is 0 Å². The Morgan fingerprint density at radius 2 is 1.37 bits per heavy atom. The van der Waals surface area contributed by atoms with Crippen molar-refractivity contribution in [2.75, 3.05) is 52.5 Å². The molecular weight excluding hydrogens is 692 g/mol. The zero-order valence-electron chi connectivity index (χ0n) is 31.7. The maximum atomic E-state index is 13.9. The van der Waals surface area contributed by atoms with Crippen LogP contribution in [-0.4, -0.2) is 105 Å².